The zero-order valence-electron chi connectivity index (χ0n) is 15.5. The Kier molecular flexibility index (Phi) is 7.75. The summed E-state index contributed by atoms with van der Waals surface area (Å²) in [6.45, 7) is 5.57. The minimum absolute atomic E-state index is 0.130. The normalized spacial score (nSPS) is 18.2. The summed E-state index contributed by atoms with van der Waals surface area (Å²) in [6, 6.07) is 8.00. The number of carbonyl (C=O) groups is 1. The summed E-state index contributed by atoms with van der Waals surface area (Å²) in [5, 5.41) is 3.34. The summed E-state index contributed by atoms with van der Waals surface area (Å²) < 4.78 is 1.03. The molecule has 138 valence electrons. The lowest BCUT2D eigenvalue weighted by atomic mass is 10.0. The largest absolute Gasteiger partial charge is 0.356 e. The summed E-state index contributed by atoms with van der Waals surface area (Å²) in [4.78, 5) is 20.8. The Morgan fingerprint density at radius 2 is 2.20 bits per heavy atom. The minimum atomic E-state index is 0.130. The van der Waals surface area contributed by atoms with E-state index in [4.69, 9.17) is 0 Å². The van der Waals surface area contributed by atoms with E-state index >= 15 is 0 Å². The molecule has 1 N–H and O–H groups in total. The fourth-order valence-electron chi connectivity index (χ4n) is 3.16. The summed E-state index contributed by atoms with van der Waals surface area (Å²) in [5.41, 5.74) is 1.12. The maximum atomic E-state index is 12.4. The van der Waals surface area contributed by atoms with Crippen LogP contribution in [0.2, 0.25) is 0 Å². The van der Waals surface area contributed by atoms with E-state index < -0.39 is 0 Å². The van der Waals surface area contributed by atoms with E-state index in [9.17, 15) is 4.79 Å². The zero-order valence-corrected chi connectivity index (χ0v) is 17.1. The molecule has 25 heavy (non-hydrogen) atoms. The van der Waals surface area contributed by atoms with Crippen molar-refractivity contribution in [2.75, 3.05) is 33.7 Å². The molecule has 0 radical (unpaired) electrons. The number of guanidine groups is 1. The van der Waals surface area contributed by atoms with Gasteiger partial charge in [0, 0.05) is 51.2 Å². The highest BCUT2D eigenvalue weighted by molar-refractivity contribution is 9.10. The number of likely N-dealkylation sites (tertiary alicyclic amines) is 1. The van der Waals surface area contributed by atoms with Crippen LogP contribution in [0.5, 0.6) is 0 Å². The molecule has 1 aliphatic rings. The quantitative estimate of drug-likeness (QED) is 0.601. The highest BCUT2D eigenvalue weighted by Gasteiger charge is 2.19. The molecule has 0 aromatic heterocycles. The van der Waals surface area contributed by atoms with Gasteiger partial charge in [0.25, 0.3) is 0 Å². The van der Waals surface area contributed by atoms with Crippen LogP contribution in [0.3, 0.4) is 0 Å². The van der Waals surface area contributed by atoms with E-state index in [-0.39, 0.29) is 5.91 Å². The van der Waals surface area contributed by atoms with Crippen LogP contribution >= 0.6 is 15.9 Å². The summed E-state index contributed by atoms with van der Waals surface area (Å²) >= 11 is 3.53. The fourth-order valence-corrected chi connectivity index (χ4v) is 3.57. The molecular weight excluding hydrogens is 380 g/mol. The SMILES string of the molecule is CN=C(NCCC(=O)N(C)Cc1ccccc1Br)N1CCCC(C)C1. The lowest BCUT2D eigenvalue weighted by molar-refractivity contribution is -0.130. The molecule has 1 unspecified atom stereocenters. The van der Waals surface area contributed by atoms with Crippen LogP contribution in [0.25, 0.3) is 0 Å². The maximum Gasteiger partial charge on any atom is 0.224 e. The third-order valence-corrected chi connectivity index (χ3v) is 5.36. The monoisotopic (exact) mass is 408 g/mol. The van der Waals surface area contributed by atoms with Crippen LogP contribution in [0, 0.1) is 5.92 Å². The fraction of sp³-hybridized carbons (Fsp3) is 0.579. The number of halogens is 1. The molecule has 0 bridgehead atoms. The average molecular weight is 409 g/mol. The van der Waals surface area contributed by atoms with Crippen molar-refractivity contribution in [2.45, 2.75) is 32.7 Å². The molecule has 6 heteroatoms. The molecule has 2 rings (SSSR count). The van der Waals surface area contributed by atoms with E-state index in [0.717, 1.165) is 29.1 Å². The third-order valence-electron chi connectivity index (χ3n) is 4.58. The number of amides is 1. The van der Waals surface area contributed by atoms with Crippen molar-refractivity contribution >= 4 is 27.8 Å². The van der Waals surface area contributed by atoms with Crippen molar-refractivity contribution in [1.82, 2.24) is 15.1 Å². The topological polar surface area (TPSA) is 47.9 Å². The molecule has 5 nitrogen and oxygen atoms in total. The molecule has 1 atom stereocenters. The van der Waals surface area contributed by atoms with Crippen LogP contribution < -0.4 is 5.32 Å². The van der Waals surface area contributed by atoms with Gasteiger partial charge in [-0.25, -0.2) is 0 Å². The van der Waals surface area contributed by atoms with Gasteiger partial charge in [0.05, 0.1) is 0 Å². The van der Waals surface area contributed by atoms with Crippen molar-refractivity contribution in [1.29, 1.82) is 0 Å². The summed E-state index contributed by atoms with van der Waals surface area (Å²) in [5.74, 6) is 1.74. The molecular formula is C19H29BrN4O. The van der Waals surface area contributed by atoms with E-state index in [1.807, 2.05) is 38.4 Å². The van der Waals surface area contributed by atoms with Gasteiger partial charge in [0.15, 0.2) is 5.96 Å². The van der Waals surface area contributed by atoms with Gasteiger partial charge in [-0.05, 0) is 30.4 Å². The Morgan fingerprint density at radius 1 is 1.44 bits per heavy atom. The van der Waals surface area contributed by atoms with E-state index in [1.165, 1.54) is 12.8 Å². The Hall–Kier alpha value is -1.56. The minimum Gasteiger partial charge on any atom is -0.356 e. The van der Waals surface area contributed by atoms with Crippen LogP contribution in [0.1, 0.15) is 31.7 Å². The second-order valence-electron chi connectivity index (χ2n) is 6.76. The standard InChI is InChI=1S/C19H29BrN4O/c1-15-7-6-12-24(13-15)19(21-2)22-11-10-18(25)23(3)14-16-8-4-5-9-17(16)20/h4-5,8-9,15H,6-7,10-14H2,1-3H3,(H,21,22). The number of carbonyl (C=O) groups excluding carboxylic acids is 1. The number of nitrogens with zero attached hydrogens (tertiary/aromatic N) is 3. The molecule has 1 saturated heterocycles. The second-order valence-corrected chi connectivity index (χ2v) is 7.61. The van der Waals surface area contributed by atoms with Crippen LogP contribution in [-0.4, -0.2) is 55.4 Å². The molecule has 0 spiro atoms. The van der Waals surface area contributed by atoms with Gasteiger partial charge in [0.1, 0.15) is 0 Å². The van der Waals surface area contributed by atoms with Crippen molar-refractivity contribution < 1.29 is 4.79 Å². The second kappa shape index (κ2) is 9.80. The number of hydrogen-bond donors (Lipinski definition) is 1. The first-order valence-corrected chi connectivity index (χ1v) is 9.73. The third kappa shape index (κ3) is 6.03. The van der Waals surface area contributed by atoms with Gasteiger partial charge < -0.3 is 15.1 Å². The average Bonchev–Trinajstić information content (AvgIpc) is 2.60. The molecule has 0 saturated carbocycles. The number of benzene rings is 1. The number of aliphatic imine (C=N–C) groups is 1. The number of piperidine rings is 1. The van der Waals surface area contributed by atoms with E-state index in [2.05, 4.69) is 38.1 Å². The molecule has 1 aromatic rings. The molecule has 1 heterocycles. The van der Waals surface area contributed by atoms with Gasteiger partial charge in [-0.3, -0.25) is 9.79 Å². The first kappa shape index (κ1) is 19.8. The molecule has 1 aliphatic heterocycles. The van der Waals surface area contributed by atoms with Crippen molar-refractivity contribution in [3.63, 3.8) is 0 Å². The van der Waals surface area contributed by atoms with Crippen LogP contribution in [-0.2, 0) is 11.3 Å². The first-order chi connectivity index (χ1) is 12.0. The van der Waals surface area contributed by atoms with Gasteiger partial charge in [-0.15, -0.1) is 0 Å². The lowest BCUT2D eigenvalue weighted by Crippen LogP contribution is -2.46. The number of rotatable bonds is 5. The van der Waals surface area contributed by atoms with Gasteiger partial charge >= 0.3 is 0 Å². The highest BCUT2D eigenvalue weighted by Crippen LogP contribution is 2.17. The number of nitrogens with one attached hydrogen (secondary N) is 1. The Labute approximate surface area is 159 Å². The predicted molar refractivity (Wildman–Crippen MR) is 107 cm³/mol. The Balaban J connectivity index is 1.78. The predicted octanol–water partition coefficient (Wildman–Crippen LogP) is 3.10. The maximum absolute atomic E-state index is 12.4. The molecule has 1 aromatic carbocycles. The zero-order chi connectivity index (χ0) is 18.2. The smallest absolute Gasteiger partial charge is 0.224 e. The Bertz CT molecular complexity index is 605. The van der Waals surface area contributed by atoms with Gasteiger partial charge in [-0.2, -0.15) is 0 Å². The highest BCUT2D eigenvalue weighted by atomic mass is 79.9. The van der Waals surface area contributed by atoms with Crippen molar-refractivity contribution in [3.8, 4) is 0 Å². The molecule has 0 aliphatic carbocycles. The van der Waals surface area contributed by atoms with Crippen molar-refractivity contribution in [3.05, 3.63) is 34.3 Å². The van der Waals surface area contributed by atoms with Crippen molar-refractivity contribution in [2.24, 2.45) is 10.9 Å². The van der Waals surface area contributed by atoms with E-state index in [0.29, 0.717) is 25.4 Å². The van der Waals surface area contributed by atoms with E-state index in [1.54, 1.807) is 4.90 Å². The van der Waals surface area contributed by atoms with Gasteiger partial charge in [-0.1, -0.05) is 41.1 Å². The van der Waals surface area contributed by atoms with Crippen LogP contribution in [0.15, 0.2) is 33.7 Å². The first-order valence-electron chi connectivity index (χ1n) is 8.94. The number of hydrogen-bond acceptors (Lipinski definition) is 2. The lowest BCUT2D eigenvalue weighted by Gasteiger charge is -2.33. The van der Waals surface area contributed by atoms with Crippen LogP contribution in [0.4, 0.5) is 0 Å². The molecule has 1 fully saturated rings. The molecule has 1 amide bonds. The Morgan fingerprint density at radius 3 is 2.88 bits per heavy atom. The summed E-state index contributed by atoms with van der Waals surface area (Å²) in [7, 11) is 3.66. The van der Waals surface area contributed by atoms with Gasteiger partial charge in [0.2, 0.25) is 5.91 Å². The summed E-state index contributed by atoms with van der Waals surface area (Å²) in [6.07, 6.45) is 2.95.